The van der Waals surface area contributed by atoms with Crippen LogP contribution in [0, 0.1) is 0 Å². The van der Waals surface area contributed by atoms with Gasteiger partial charge in [0, 0.05) is 81.0 Å². The number of halogens is 2. The van der Waals surface area contributed by atoms with Crippen molar-refractivity contribution < 1.29 is 18.8 Å². The molecule has 3 aromatic rings. The van der Waals surface area contributed by atoms with Crippen LogP contribution in [0.25, 0.3) is 11.1 Å². The number of aryl methyl sites for hydroxylation is 2. The quantitative estimate of drug-likeness (QED) is 0.489. The summed E-state index contributed by atoms with van der Waals surface area (Å²) in [6.45, 7) is 4.65. The number of hydrogen-bond acceptors (Lipinski definition) is 5. The molecule has 0 atom stereocenters. The minimum absolute atomic E-state index is 0.0112. The first-order valence-electron chi connectivity index (χ1n) is 13.3. The number of piperidine rings is 1. The van der Waals surface area contributed by atoms with Crippen molar-refractivity contribution in [2.75, 3.05) is 24.5 Å². The largest absolute Gasteiger partial charge is 0.341 e. The Bertz CT molecular complexity index is 1380. The maximum absolute atomic E-state index is 14.4. The molecule has 6 rings (SSSR count). The maximum atomic E-state index is 14.4. The Hall–Kier alpha value is -3.30. The predicted molar refractivity (Wildman–Crippen MR) is 141 cm³/mol. The van der Waals surface area contributed by atoms with Crippen molar-refractivity contribution in [1.29, 1.82) is 0 Å². The number of hydrogen-bond donors (Lipinski definition) is 1. The number of hydroxylamine groups is 2. The number of amides is 1. The van der Waals surface area contributed by atoms with E-state index in [0.717, 1.165) is 60.3 Å². The molecule has 0 spiro atoms. The van der Waals surface area contributed by atoms with Gasteiger partial charge in [0.1, 0.15) is 0 Å². The molecule has 9 heteroatoms. The van der Waals surface area contributed by atoms with E-state index in [1.165, 1.54) is 10.6 Å². The van der Waals surface area contributed by atoms with Crippen molar-refractivity contribution in [3.8, 4) is 11.1 Å². The van der Waals surface area contributed by atoms with Crippen molar-refractivity contribution in [1.82, 2.24) is 19.7 Å². The Kier molecular flexibility index (Phi) is 6.44. The molecule has 0 aliphatic carbocycles. The minimum Gasteiger partial charge on any atom is -0.341 e. The number of rotatable bonds is 4. The lowest BCUT2D eigenvalue weighted by molar-refractivity contribution is -0.129. The molecule has 200 valence electrons. The van der Waals surface area contributed by atoms with Crippen LogP contribution in [0.1, 0.15) is 66.3 Å². The molecule has 38 heavy (non-hydrogen) atoms. The van der Waals surface area contributed by atoms with E-state index >= 15 is 0 Å². The molecular formula is C29H33F2N5O2. The highest BCUT2D eigenvalue weighted by Crippen LogP contribution is 2.45. The Morgan fingerprint density at radius 1 is 1.05 bits per heavy atom. The molecule has 0 saturated carbocycles. The molecule has 0 radical (unpaired) electrons. The second-order valence-corrected chi connectivity index (χ2v) is 10.8. The van der Waals surface area contributed by atoms with E-state index in [-0.39, 0.29) is 11.5 Å². The summed E-state index contributed by atoms with van der Waals surface area (Å²) < 4.78 is 30.4. The molecule has 1 saturated heterocycles. The third-order valence-electron chi connectivity index (χ3n) is 8.35. The second kappa shape index (κ2) is 9.78. The van der Waals surface area contributed by atoms with Crippen LogP contribution in [-0.4, -0.2) is 50.5 Å². The first-order valence-corrected chi connectivity index (χ1v) is 13.3. The predicted octanol–water partition coefficient (Wildman–Crippen LogP) is 5.54. The molecule has 7 nitrogen and oxygen atoms in total. The number of alkyl halides is 2. The van der Waals surface area contributed by atoms with Crippen LogP contribution in [0.3, 0.4) is 0 Å². The van der Waals surface area contributed by atoms with Gasteiger partial charge in [0.25, 0.3) is 6.43 Å². The molecule has 3 aliphatic rings. The highest BCUT2D eigenvalue weighted by atomic mass is 19.3. The Balaban J connectivity index is 1.47. The Labute approximate surface area is 221 Å². The van der Waals surface area contributed by atoms with Crippen LogP contribution in [0.4, 0.5) is 20.2 Å². The highest BCUT2D eigenvalue weighted by Gasteiger charge is 2.32. The van der Waals surface area contributed by atoms with Crippen LogP contribution < -0.4 is 4.90 Å². The van der Waals surface area contributed by atoms with Crippen molar-refractivity contribution in [2.45, 2.75) is 58.0 Å². The van der Waals surface area contributed by atoms with Gasteiger partial charge >= 0.3 is 0 Å². The summed E-state index contributed by atoms with van der Waals surface area (Å²) >= 11 is 0. The number of benzene rings is 2. The standard InChI is InChI=1S/C29H33F2N5O2/c1-18(37)34-16-22-10-21(19-5-8-35(38)9-6-19)12-28(26(22)17-34)36-7-3-4-20-11-24(23-14-32-33(2)15-23)25(29(30)31)13-27(20)36/h10-15,19,29,38H,3-9,16-17H2,1-2H3. The maximum Gasteiger partial charge on any atom is 0.264 e. The molecule has 1 fully saturated rings. The van der Waals surface area contributed by atoms with E-state index in [9.17, 15) is 18.8 Å². The molecule has 2 aromatic carbocycles. The highest BCUT2D eigenvalue weighted by molar-refractivity contribution is 5.80. The van der Waals surface area contributed by atoms with Crippen LogP contribution in [0.15, 0.2) is 36.7 Å². The van der Waals surface area contributed by atoms with Gasteiger partial charge in [-0.2, -0.15) is 10.2 Å². The summed E-state index contributed by atoms with van der Waals surface area (Å²) in [5.74, 6) is 0.338. The average Bonchev–Trinajstić information content (AvgIpc) is 3.54. The van der Waals surface area contributed by atoms with Gasteiger partial charge in [-0.15, -0.1) is 0 Å². The Morgan fingerprint density at radius 2 is 1.84 bits per heavy atom. The third kappa shape index (κ3) is 4.47. The lowest BCUT2D eigenvalue weighted by atomic mass is 9.87. The summed E-state index contributed by atoms with van der Waals surface area (Å²) in [6, 6.07) is 8.03. The topological polar surface area (TPSA) is 64.8 Å². The number of carbonyl (C=O) groups is 1. The molecular weight excluding hydrogens is 488 g/mol. The van der Waals surface area contributed by atoms with Crippen molar-refractivity contribution in [3.63, 3.8) is 0 Å². The van der Waals surface area contributed by atoms with E-state index in [4.69, 9.17) is 0 Å². The summed E-state index contributed by atoms with van der Waals surface area (Å²) in [4.78, 5) is 16.3. The van der Waals surface area contributed by atoms with Gasteiger partial charge in [0.2, 0.25) is 5.91 Å². The first kappa shape index (κ1) is 25.0. The number of fused-ring (bicyclic) bond motifs is 2. The fraction of sp³-hybridized carbons (Fsp3) is 0.448. The minimum atomic E-state index is -2.62. The number of anilines is 2. The van der Waals surface area contributed by atoms with E-state index < -0.39 is 6.43 Å². The van der Waals surface area contributed by atoms with Crippen molar-refractivity contribution in [3.05, 3.63) is 64.5 Å². The zero-order valence-electron chi connectivity index (χ0n) is 21.8. The monoisotopic (exact) mass is 521 g/mol. The zero-order chi connectivity index (χ0) is 26.6. The number of nitrogens with zero attached hydrogens (tertiary/aromatic N) is 5. The van der Waals surface area contributed by atoms with Gasteiger partial charge in [-0.3, -0.25) is 9.48 Å². The van der Waals surface area contributed by atoms with Gasteiger partial charge in [-0.25, -0.2) is 8.78 Å². The van der Waals surface area contributed by atoms with E-state index in [1.807, 2.05) is 11.0 Å². The number of carbonyl (C=O) groups excluding carboxylic acids is 1. The molecule has 1 amide bonds. The third-order valence-corrected chi connectivity index (χ3v) is 8.35. The van der Waals surface area contributed by atoms with Crippen LogP contribution in [0.2, 0.25) is 0 Å². The van der Waals surface area contributed by atoms with Gasteiger partial charge < -0.3 is 15.0 Å². The molecule has 0 unspecified atom stereocenters. The van der Waals surface area contributed by atoms with Crippen molar-refractivity contribution in [2.24, 2.45) is 7.05 Å². The fourth-order valence-electron chi connectivity index (χ4n) is 6.30. The summed E-state index contributed by atoms with van der Waals surface area (Å²) in [5, 5.41) is 15.5. The summed E-state index contributed by atoms with van der Waals surface area (Å²) in [6.07, 6.45) is 4.23. The van der Waals surface area contributed by atoms with E-state index in [0.29, 0.717) is 43.2 Å². The van der Waals surface area contributed by atoms with E-state index in [2.05, 4.69) is 22.1 Å². The summed E-state index contributed by atoms with van der Waals surface area (Å²) in [7, 11) is 1.79. The molecule has 3 aliphatic heterocycles. The van der Waals surface area contributed by atoms with Gasteiger partial charge in [-0.05, 0) is 72.1 Å². The lowest BCUT2D eigenvalue weighted by Gasteiger charge is -2.35. The molecule has 4 heterocycles. The van der Waals surface area contributed by atoms with Gasteiger partial charge in [-0.1, -0.05) is 6.07 Å². The van der Waals surface area contributed by atoms with Gasteiger partial charge in [0.05, 0.1) is 6.20 Å². The van der Waals surface area contributed by atoms with Crippen LogP contribution >= 0.6 is 0 Å². The summed E-state index contributed by atoms with van der Waals surface area (Å²) in [5.41, 5.74) is 7.56. The normalized spacial score (nSPS) is 18.3. The Morgan fingerprint density at radius 3 is 2.53 bits per heavy atom. The van der Waals surface area contributed by atoms with Crippen molar-refractivity contribution >= 4 is 17.3 Å². The smallest absolute Gasteiger partial charge is 0.264 e. The number of aromatic nitrogens is 2. The average molecular weight is 522 g/mol. The SMILES string of the molecule is CC(=O)N1Cc2cc(C3CCN(O)CC3)cc(N3CCCc4cc(-c5cnn(C)c5)c(C(F)F)cc43)c2C1. The molecule has 0 bridgehead atoms. The van der Waals surface area contributed by atoms with Crippen LogP contribution in [-0.2, 0) is 31.4 Å². The van der Waals surface area contributed by atoms with Crippen LogP contribution in [0.5, 0.6) is 0 Å². The van der Waals surface area contributed by atoms with Gasteiger partial charge in [0.15, 0.2) is 0 Å². The second-order valence-electron chi connectivity index (χ2n) is 10.8. The lowest BCUT2D eigenvalue weighted by Crippen LogP contribution is -2.30. The molecule has 1 N–H and O–H groups in total. The van der Waals surface area contributed by atoms with E-state index in [1.54, 1.807) is 37.1 Å². The fourth-order valence-corrected chi connectivity index (χ4v) is 6.30. The zero-order valence-corrected chi connectivity index (χ0v) is 21.8. The first-order chi connectivity index (χ1) is 18.3. The molecule has 1 aromatic heterocycles.